The summed E-state index contributed by atoms with van der Waals surface area (Å²) in [6.07, 6.45) is 3.53. The standard InChI is InChI=1S/C11H12N6O2/c12-10(18)8-9(14-4-13-8)11(19)15-7-3-6(16-17-7)5-1-2-5/h3-5H,1-2H2,(H2,12,18)(H,13,14)(H2,15,16,17,19). The number of amides is 2. The molecule has 0 aliphatic heterocycles. The van der Waals surface area contributed by atoms with Crippen molar-refractivity contribution in [3.05, 3.63) is 29.5 Å². The third-order valence-electron chi connectivity index (χ3n) is 2.96. The highest BCUT2D eigenvalue weighted by atomic mass is 16.2. The second-order valence-corrected chi connectivity index (χ2v) is 4.43. The molecular weight excluding hydrogens is 248 g/mol. The number of hydrogen-bond donors (Lipinski definition) is 4. The average molecular weight is 260 g/mol. The van der Waals surface area contributed by atoms with Gasteiger partial charge in [0.25, 0.3) is 11.8 Å². The third-order valence-corrected chi connectivity index (χ3v) is 2.96. The molecule has 19 heavy (non-hydrogen) atoms. The van der Waals surface area contributed by atoms with Gasteiger partial charge in [-0.2, -0.15) is 5.10 Å². The predicted molar refractivity (Wildman–Crippen MR) is 65.6 cm³/mol. The fourth-order valence-corrected chi connectivity index (χ4v) is 1.84. The SMILES string of the molecule is NC(=O)c1nc[nH]c1C(=O)Nc1cc(C2CC2)[nH]n1. The topological polar surface area (TPSA) is 130 Å². The largest absolute Gasteiger partial charge is 0.364 e. The first-order valence-electron chi connectivity index (χ1n) is 5.85. The van der Waals surface area contributed by atoms with Crippen LogP contribution in [0.4, 0.5) is 5.82 Å². The summed E-state index contributed by atoms with van der Waals surface area (Å²) in [5.41, 5.74) is 6.07. The Bertz CT molecular complexity index is 639. The van der Waals surface area contributed by atoms with E-state index in [1.807, 2.05) is 0 Å². The molecule has 0 saturated heterocycles. The number of rotatable bonds is 4. The Balaban J connectivity index is 1.76. The summed E-state index contributed by atoms with van der Waals surface area (Å²) in [5.74, 6) is -0.323. The molecule has 0 atom stereocenters. The molecule has 8 nitrogen and oxygen atoms in total. The number of carbonyl (C=O) groups excluding carboxylic acids is 2. The van der Waals surface area contributed by atoms with Crippen molar-refractivity contribution in [1.82, 2.24) is 20.2 Å². The van der Waals surface area contributed by atoms with Gasteiger partial charge in [-0.1, -0.05) is 0 Å². The second-order valence-electron chi connectivity index (χ2n) is 4.43. The number of imidazole rings is 1. The molecule has 1 aliphatic carbocycles. The summed E-state index contributed by atoms with van der Waals surface area (Å²) >= 11 is 0. The van der Waals surface area contributed by atoms with Gasteiger partial charge in [-0.05, 0) is 12.8 Å². The molecule has 0 spiro atoms. The van der Waals surface area contributed by atoms with Gasteiger partial charge in [0.05, 0.1) is 6.33 Å². The molecule has 0 radical (unpaired) electrons. The Morgan fingerprint density at radius 1 is 1.42 bits per heavy atom. The van der Waals surface area contributed by atoms with Crippen molar-refractivity contribution in [1.29, 1.82) is 0 Å². The lowest BCUT2D eigenvalue weighted by molar-refractivity contribution is 0.0972. The van der Waals surface area contributed by atoms with E-state index in [1.54, 1.807) is 6.07 Å². The summed E-state index contributed by atoms with van der Waals surface area (Å²) in [4.78, 5) is 29.3. The van der Waals surface area contributed by atoms with Gasteiger partial charge in [0.2, 0.25) is 0 Å². The third kappa shape index (κ3) is 2.19. The number of anilines is 1. The van der Waals surface area contributed by atoms with Crippen molar-refractivity contribution in [3.63, 3.8) is 0 Å². The maximum Gasteiger partial charge on any atom is 0.275 e. The van der Waals surface area contributed by atoms with Gasteiger partial charge < -0.3 is 16.0 Å². The van der Waals surface area contributed by atoms with Gasteiger partial charge in [0.15, 0.2) is 11.5 Å². The second kappa shape index (κ2) is 4.23. The Morgan fingerprint density at radius 3 is 2.89 bits per heavy atom. The predicted octanol–water partition coefficient (Wildman–Crippen LogP) is 0.361. The highest BCUT2D eigenvalue weighted by Crippen LogP contribution is 2.39. The molecule has 0 aromatic carbocycles. The summed E-state index contributed by atoms with van der Waals surface area (Å²) in [6.45, 7) is 0. The number of nitrogens with two attached hydrogens (primary N) is 1. The monoisotopic (exact) mass is 260 g/mol. The van der Waals surface area contributed by atoms with Crippen LogP contribution >= 0.6 is 0 Å². The first-order chi connectivity index (χ1) is 9.15. The molecule has 5 N–H and O–H groups in total. The maximum atomic E-state index is 12.0. The molecule has 2 aromatic heterocycles. The molecule has 2 amide bonds. The van der Waals surface area contributed by atoms with E-state index in [1.165, 1.54) is 6.33 Å². The normalized spacial score (nSPS) is 14.3. The number of aromatic amines is 2. The Labute approximate surface area is 107 Å². The lowest BCUT2D eigenvalue weighted by Gasteiger charge is -2.00. The number of nitrogens with one attached hydrogen (secondary N) is 3. The van der Waals surface area contributed by atoms with Gasteiger partial charge in [0, 0.05) is 17.7 Å². The van der Waals surface area contributed by atoms with Gasteiger partial charge >= 0.3 is 0 Å². The van der Waals surface area contributed by atoms with Crippen molar-refractivity contribution >= 4 is 17.6 Å². The minimum Gasteiger partial charge on any atom is -0.364 e. The maximum absolute atomic E-state index is 12.0. The minimum absolute atomic E-state index is 0.0310. The van der Waals surface area contributed by atoms with Gasteiger partial charge in [-0.3, -0.25) is 14.7 Å². The van der Waals surface area contributed by atoms with Gasteiger partial charge in [-0.15, -0.1) is 0 Å². The average Bonchev–Trinajstić information content (AvgIpc) is 2.92. The van der Waals surface area contributed by atoms with Gasteiger partial charge in [-0.25, -0.2) is 4.98 Å². The van der Waals surface area contributed by atoms with Crippen LogP contribution in [0.1, 0.15) is 45.4 Å². The zero-order valence-electron chi connectivity index (χ0n) is 9.93. The van der Waals surface area contributed by atoms with E-state index in [2.05, 4.69) is 25.5 Å². The quantitative estimate of drug-likeness (QED) is 0.632. The molecular formula is C11H12N6O2. The lowest BCUT2D eigenvalue weighted by Crippen LogP contribution is -2.20. The Hall–Kier alpha value is -2.64. The van der Waals surface area contributed by atoms with E-state index in [0.29, 0.717) is 11.7 Å². The van der Waals surface area contributed by atoms with Crippen molar-refractivity contribution in [2.45, 2.75) is 18.8 Å². The summed E-state index contributed by atoms with van der Waals surface area (Å²) in [5, 5.41) is 9.45. The number of hydrogen-bond acceptors (Lipinski definition) is 4. The fourth-order valence-electron chi connectivity index (χ4n) is 1.84. The highest BCUT2D eigenvalue weighted by Gasteiger charge is 2.26. The molecule has 0 unspecified atom stereocenters. The van der Waals surface area contributed by atoms with Crippen LogP contribution < -0.4 is 11.1 Å². The molecule has 0 bridgehead atoms. The number of carbonyl (C=O) groups is 2. The molecule has 3 rings (SSSR count). The van der Waals surface area contributed by atoms with Crippen LogP contribution in [0.5, 0.6) is 0 Å². The van der Waals surface area contributed by atoms with Crippen LogP contribution in [0.2, 0.25) is 0 Å². The molecule has 1 fully saturated rings. The summed E-state index contributed by atoms with van der Waals surface area (Å²) in [6, 6.07) is 1.79. The number of aromatic nitrogens is 4. The van der Waals surface area contributed by atoms with Crippen LogP contribution in [-0.2, 0) is 0 Å². The van der Waals surface area contributed by atoms with Crippen molar-refractivity contribution in [2.75, 3.05) is 5.32 Å². The molecule has 2 heterocycles. The first kappa shape index (κ1) is 11.5. The van der Waals surface area contributed by atoms with Crippen molar-refractivity contribution < 1.29 is 9.59 Å². The first-order valence-corrected chi connectivity index (χ1v) is 5.85. The molecule has 8 heteroatoms. The van der Waals surface area contributed by atoms with E-state index in [9.17, 15) is 9.59 Å². The number of primary amides is 1. The number of H-pyrrole nitrogens is 2. The highest BCUT2D eigenvalue weighted by molar-refractivity contribution is 6.09. The van der Waals surface area contributed by atoms with Crippen LogP contribution in [0.3, 0.4) is 0 Å². The summed E-state index contributed by atoms with van der Waals surface area (Å²) < 4.78 is 0. The molecule has 98 valence electrons. The van der Waals surface area contributed by atoms with Crippen LogP contribution in [0.25, 0.3) is 0 Å². The Kier molecular flexibility index (Phi) is 2.55. The van der Waals surface area contributed by atoms with E-state index in [-0.39, 0.29) is 11.4 Å². The lowest BCUT2D eigenvalue weighted by atomic mass is 10.3. The van der Waals surface area contributed by atoms with Crippen LogP contribution in [-0.4, -0.2) is 32.0 Å². The summed E-state index contributed by atoms with van der Waals surface area (Å²) in [7, 11) is 0. The van der Waals surface area contributed by atoms with E-state index in [0.717, 1.165) is 18.5 Å². The van der Waals surface area contributed by atoms with E-state index >= 15 is 0 Å². The van der Waals surface area contributed by atoms with E-state index < -0.39 is 11.8 Å². The number of nitrogens with zero attached hydrogens (tertiary/aromatic N) is 2. The zero-order chi connectivity index (χ0) is 13.4. The van der Waals surface area contributed by atoms with E-state index in [4.69, 9.17) is 5.73 Å². The minimum atomic E-state index is -0.757. The van der Waals surface area contributed by atoms with Crippen LogP contribution in [0.15, 0.2) is 12.4 Å². The van der Waals surface area contributed by atoms with Crippen molar-refractivity contribution in [3.8, 4) is 0 Å². The molecule has 1 saturated carbocycles. The zero-order valence-corrected chi connectivity index (χ0v) is 9.93. The van der Waals surface area contributed by atoms with Crippen LogP contribution in [0, 0.1) is 0 Å². The fraction of sp³-hybridized carbons (Fsp3) is 0.273. The molecule has 2 aromatic rings. The van der Waals surface area contributed by atoms with Crippen molar-refractivity contribution in [2.24, 2.45) is 5.73 Å². The van der Waals surface area contributed by atoms with Gasteiger partial charge in [0.1, 0.15) is 5.69 Å². The smallest absolute Gasteiger partial charge is 0.275 e. The Morgan fingerprint density at radius 2 is 2.21 bits per heavy atom. The molecule has 1 aliphatic rings.